The van der Waals surface area contributed by atoms with E-state index in [1.165, 1.54) is 6.92 Å². The van der Waals surface area contributed by atoms with Gasteiger partial charge >= 0.3 is 0 Å². The molecule has 1 aromatic heterocycles. The number of rotatable bonds is 4. The molecule has 5 heteroatoms. The molecule has 0 fully saturated rings. The predicted octanol–water partition coefficient (Wildman–Crippen LogP) is 3.67. The minimum atomic E-state index is -0.0270. The second-order valence-electron chi connectivity index (χ2n) is 4.62. The molecule has 0 saturated carbocycles. The maximum absolute atomic E-state index is 11.7. The molecule has 2 aromatic rings. The van der Waals surface area contributed by atoms with E-state index in [2.05, 4.69) is 31.2 Å². The molecule has 0 aliphatic heterocycles. The highest BCUT2D eigenvalue weighted by Gasteiger charge is 2.14. The van der Waals surface area contributed by atoms with Crippen LogP contribution >= 0.6 is 15.9 Å². The summed E-state index contributed by atoms with van der Waals surface area (Å²) >= 11 is 3.41. The molecule has 1 heterocycles. The van der Waals surface area contributed by atoms with Crippen molar-refractivity contribution >= 4 is 27.5 Å². The van der Waals surface area contributed by atoms with Crippen molar-refractivity contribution in [2.24, 2.45) is 0 Å². The summed E-state index contributed by atoms with van der Waals surface area (Å²) in [5.41, 5.74) is 2.40. The predicted molar refractivity (Wildman–Crippen MR) is 83.0 cm³/mol. The average Bonchev–Trinajstić information content (AvgIpc) is 2.36. The third-order valence-corrected chi connectivity index (χ3v) is 3.46. The Morgan fingerprint density at radius 2 is 1.85 bits per heavy atom. The number of carbonyl (C=O) groups excluding carboxylic acids is 1. The lowest BCUT2D eigenvalue weighted by molar-refractivity contribution is 0.101. The molecule has 0 radical (unpaired) electrons. The van der Waals surface area contributed by atoms with Gasteiger partial charge in [-0.1, -0.05) is 28.1 Å². The quantitative estimate of drug-likeness (QED) is 0.867. The summed E-state index contributed by atoms with van der Waals surface area (Å²) in [5.74, 6) is 1.23. The minimum absolute atomic E-state index is 0.0270. The maximum atomic E-state index is 11.7. The van der Waals surface area contributed by atoms with Crippen LogP contribution in [0.15, 0.2) is 28.7 Å². The maximum Gasteiger partial charge on any atom is 0.165 e. The molecule has 2 rings (SSSR count). The van der Waals surface area contributed by atoms with E-state index in [0.29, 0.717) is 29.4 Å². The zero-order valence-corrected chi connectivity index (χ0v) is 13.3. The van der Waals surface area contributed by atoms with Gasteiger partial charge in [-0.25, -0.2) is 9.97 Å². The van der Waals surface area contributed by atoms with Gasteiger partial charge in [-0.3, -0.25) is 4.79 Å². The summed E-state index contributed by atoms with van der Waals surface area (Å²) < 4.78 is 1.04. The van der Waals surface area contributed by atoms with Gasteiger partial charge < -0.3 is 5.32 Å². The molecule has 0 saturated heterocycles. The Bertz CT molecular complexity index is 638. The van der Waals surface area contributed by atoms with E-state index in [9.17, 15) is 4.79 Å². The van der Waals surface area contributed by atoms with E-state index in [1.54, 1.807) is 0 Å². The lowest BCUT2D eigenvalue weighted by atomic mass is 10.1. The highest BCUT2D eigenvalue weighted by atomic mass is 79.9. The summed E-state index contributed by atoms with van der Waals surface area (Å²) in [6.45, 7) is 5.80. The number of ketones is 1. The molecule has 4 nitrogen and oxygen atoms in total. The highest BCUT2D eigenvalue weighted by Crippen LogP contribution is 2.18. The van der Waals surface area contributed by atoms with Crippen LogP contribution in [0.3, 0.4) is 0 Å². The summed E-state index contributed by atoms with van der Waals surface area (Å²) in [6.07, 6.45) is 0. The van der Waals surface area contributed by atoms with Gasteiger partial charge in [0.2, 0.25) is 0 Å². The molecule has 0 spiro atoms. The zero-order chi connectivity index (χ0) is 14.7. The molecule has 0 atom stereocenters. The van der Waals surface area contributed by atoms with Crippen LogP contribution < -0.4 is 5.32 Å². The number of benzene rings is 1. The van der Waals surface area contributed by atoms with Gasteiger partial charge in [0, 0.05) is 11.0 Å². The van der Waals surface area contributed by atoms with Crippen molar-refractivity contribution in [3.63, 3.8) is 0 Å². The van der Waals surface area contributed by atoms with Gasteiger partial charge in [0.15, 0.2) is 5.78 Å². The number of aryl methyl sites for hydroxylation is 2. The number of halogens is 1. The number of anilines is 1. The monoisotopic (exact) mass is 333 g/mol. The highest BCUT2D eigenvalue weighted by molar-refractivity contribution is 9.10. The first-order valence-corrected chi connectivity index (χ1v) is 7.11. The SMILES string of the molecule is CC(=O)c1c(C)nc(C)nc1NCc1ccc(Br)cc1. The van der Waals surface area contributed by atoms with Crippen molar-refractivity contribution in [1.82, 2.24) is 9.97 Å². The Hall–Kier alpha value is -1.75. The second-order valence-corrected chi connectivity index (χ2v) is 5.53. The molecule has 0 unspecified atom stereocenters. The van der Waals surface area contributed by atoms with Gasteiger partial charge in [0.25, 0.3) is 0 Å². The van der Waals surface area contributed by atoms with Crippen LogP contribution in [0.2, 0.25) is 0 Å². The van der Waals surface area contributed by atoms with Crippen LogP contribution in [-0.2, 0) is 6.54 Å². The molecule has 0 aliphatic rings. The van der Waals surface area contributed by atoms with Gasteiger partial charge in [0.05, 0.1) is 11.3 Å². The van der Waals surface area contributed by atoms with Crippen molar-refractivity contribution in [2.45, 2.75) is 27.3 Å². The fourth-order valence-electron chi connectivity index (χ4n) is 2.05. The Kier molecular flexibility index (Phi) is 4.49. The first-order valence-electron chi connectivity index (χ1n) is 6.32. The summed E-state index contributed by atoms with van der Waals surface area (Å²) in [4.78, 5) is 20.3. The fourth-order valence-corrected chi connectivity index (χ4v) is 2.31. The van der Waals surface area contributed by atoms with Crippen LogP contribution in [-0.4, -0.2) is 15.8 Å². The number of hydrogen-bond donors (Lipinski definition) is 1. The topological polar surface area (TPSA) is 54.9 Å². The number of Topliss-reactive ketones (excluding diaryl/α,β-unsaturated/α-hetero) is 1. The number of aromatic nitrogens is 2. The largest absolute Gasteiger partial charge is 0.365 e. The van der Waals surface area contributed by atoms with E-state index in [-0.39, 0.29) is 5.78 Å². The van der Waals surface area contributed by atoms with Crippen molar-refractivity contribution in [1.29, 1.82) is 0 Å². The van der Waals surface area contributed by atoms with Crippen molar-refractivity contribution in [2.75, 3.05) is 5.32 Å². The standard InChI is InChI=1S/C15H16BrN3O/c1-9-14(10(2)20)15(19-11(3)18-9)17-8-12-4-6-13(16)7-5-12/h4-7H,8H2,1-3H3,(H,17,18,19). The number of nitrogens with zero attached hydrogens (tertiary/aromatic N) is 2. The van der Waals surface area contributed by atoms with E-state index >= 15 is 0 Å². The third-order valence-electron chi connectivity index (χ3n) is 2.93. The van der Waals surface area contributed by atoms with Gasteiger partial charge in [-0.2, -0.15) is 0 Å². The number of carbonyl (C=O) groups is 1. The van der Waals surface area contributed by atoms with Crippen molar-refractivity contribution < 1.29 is 4.79 Å². The number of nitrogens with one attached hydrogen (secondary N) is 1. The molecular formula is C15H16BrN3O. The number of hydrogen-bond acceptors (Lipinski definition) is 4. The Labute approximate surface area is 126 Å². The molecule has 104 valence electrons. The van der Waals surface area contributed by atoms with Crippen LogP contribution in [0.4, 0.5) is 5.82 Å². The Morgan fingerprint density at radius 3 is 2.45 bits per heavy atom. The molecule has 1 aromatic carbocycles. The molecule has 1 N–H and O–H groups in total. The molecule has 0 aliphatic carbocycles. The first kappa shape index (κ1) is 14.7. The zero-order valence-electron chi connectivity index (χ0n) is 11.7. The normalized spacial score (nSPS) is 10.4. The Balaban J connectivity index is 2.24. The Morgan fingerprint density at radius 1 is 1.20 bits per heavy atom. The second kappa shape index (κ2) is 6.13. The molecular weight excluding hydrogens is 318 g/mol. The van der Waals surface area contributed by atoms with Crippen LogP contribution in [0.5, 0.6) is 0 Å². The third kappa shape index (κ3) is 3.42. The van der Waals surface area contributed by atoms with Gasteiger partial charge in [-0.15, -0.1) is 0 Å². The van der Waals surface area contributed by atoms with E-state index in [4.69, 9.17) is 0 Å². The van der Waals surface area contributed by atoms with Crippen LogP contribution in [0, 0.1) is 13.8 Å². The average molecular weight is 334 g/mol. The lowest BCUT2D eigenvalue weighted by Crippen LogP contribution is -2.11. The van der Waals surface area contributed by atoms with Crippen LogP contribution in [0.1, 0.15) is 34.4 Å². The summed E-state index contributed by atoms with van der Waals surface area (Å²) in [6, 6.07) is 8.01. The molecule has 0 amide bonds. The first-order chi connectivity index (χ1) is 9.47. The van der Waals surface area contributed by atoms with Gasteiger partial charge in [0.1, 0.15) is 11.6 Å². The van der Waals surface area contributed by atoms with Crippen molar-refractivity contribution in [3.05, 3.63) is 51.4 Å². The van der Waals surface area contributed by atoms with Crippen molar-refractivity contribution in [3.8, 4) is 0 Å². The lowest BCUT2D eigenvalue weighted by Gasteiger charge is -2.12. The van der Waals surface area contributed by atoms with E-state index in [0.717, 1.165) is 10.0 Å². The molecule has 20 heavy (non-hydrogen) atoms. The van der Waals surface area contributed by atoms with Gasteiger partial charge in [-0.05, 0) is 38.5 Å². The smallest absolute Gasteiger partial charge is 0.165 e. The minimum Gasteiger partial charge on any atom is -0.365 e. The molecule has 0 bridgehead atoms. The fraction of sp³-hybridized carbons (Fsp3) is 0.267. The summed E-state index contributed by atoms with van der Waals surface area (Å²) in [7, 11) is 0. The summed E-state index contributed by atoms with van der Waals surface area (Å²) in [5, 5.41) is 3.22. The van der Waals surface area contributed by atoms with E-state index < -0.39 is 0 Å². The van der Waals surface area contributed by atoms with E-state index in [1.807, 2.05) is 38.1 Å². The van der Waals surface area contributed by atoms with Crippen LogP contribution in [0.25, 0.3) is 0 Å².